The summed E-state index contributed by atoms with van der Waals surface area (Å²) in [6.07, 6.45) is 8.68. The van der Waals surface area contributed by atoms with Crippen molar-refractivity contribution in [1.29, 1.82) is 0 Å². The highest BCUT2D eigenvalue weighted by molar-refractivity contribution is 5.15. The second kappa shape index (κ2) is 3.87. The van der Waals surface area contributed by atoms with E-state index in [-0.39, 0.29) is 0 Å². The van der Waals surface area contributed by atoms with Crippen LogP contribution in [0.25, 0.3) is 0 Å². The average Bonchev–Trinajstić information content (AvgIpc) is 2.15. The van der Waals surface area contributed by atoms with Gasteiger partial charge in [-0.25, -0.2) is 0 Å². The van der Waals surface area contributed by atoms with Crippen molar-refractivity contribution in [2.24, 2.45) is 17.3 Å². The molecule has 16 heavy (non-hydrogen) atoms. The van der Waals surface area contributed by atoms with Gasteiger partial charge in [0.05, 0.1) is 5.60 Å². The van der Waals surface area contributed by atoms with Gasteiger partial charge >= 0.3 is 0 Å². The fourth-order valence-corrected chi connectivity index (χ4v) is 3.81. The van der Waals surface area contributed by atoms with Crippen LogP contribution in [0.2, 0.25) is 0 Å². The molecule has 0 aliphatic heterocycles. The van der Waals surface area contributed by atoms with E-state index in [9.17, 15) is 5.11 Å². The Kier molecular flexibility index (Phi) is 2.94. The van der Waals surface area contributed by atoms with Gasteiger partial charge in [0.2, 0.25) is 0 Å². The molecule has 1 saturated carbocycles. The molecule has 1 fully saturated rings. The van der Waals surface area contributed by atoms with Crippen LogP contribution in [0.15, 0.2) is 11.6 Å². The lowest BCUT2D eigenvalue weighted by Crippen LogP contribution is -2.43. The number of hydrogen-bond donors (Lipinski definition) is 1. The molecule has 0 saturated heterocycles. The quantitative estimate of drug-likeness (QED) is 0.667. The lowest BCUT2D eigenvalue weighted by molar-refractivity contribution is -0.0373. The van der Waals surface area contributed by atoms with Crippen LogP contribution in [-0.4, -0.2) is 10.7 Å². The van der Waals surface area contributed by atoms with Gasteiger partial charge in [0.25, 0.3) is 0 Å². The van der Waals surface area contributed by atoms with E-state index in [1.165, 1.54) is 32.1 Å². The minimum atomic E-state index is -0.501. The normalized spacial score (nSPS) is 40.2. The summed E-state index contributed by atoms with van der Waals surface area (Å²) >= 11 is 0. The summed E-state index contributed by atoms with van der Waals surface area (Å²) < 4.78 is 0. The van der Waals surface area contributed by atoms with E-state index in [2.05, 4.69) is 19.9 Å². The molecule has 92 valence electrons. The molecule has 2 aliphatic carbocycles. The maximum atomic E-state index is 10.2. The van der Waals surface area contributed by atoms with Crippen molar-refractivity contribution < 1.29 is 5.11 Å². The monoisotopic (exact) mass is 222 g/mol. The zero-order valence-corrected chi connectivity index (χ0v) is 11.2. The largest absolute Gasteiger partial charge is 0.390 e. The van der Waals surface area contributed by atoms with Crippen molar-refractivity contribution in [2.45, 2.75) is 65.4 Å². The van der Waals surface area contributed by atoms with E-state index in [1.807, 2.05) is 13.8 Å². The third kappa shape index (κ3) is 2.07. The highest BCUT2D eigenvalue weighted by Crippen LogP contribution is 2.53. The number of rotatable bonds is 1. The fourth-order valence-electron chi connectivity index (χ4n) is 3.81. The molecule has 2 aliphatic rings. The lowest BCUT2D eigenvalue weighted by atomic mass is 9.56. The smallest absolute Gasteiger partial charge is 0.0620 e. The van der Waals surface area contributed by atoms with Gasteiger partial charge in [0.1, 0.15) is 0 Å². The number of hydrogen-bond acceptors (Lipinski definition) is 1. The summed E-state index contributed by atoms with van der Waals surface area (Å²) in [4.78, 5) is 0. The first kappa shape index (κ1) is 12.2. The third-order valence-electron chi connectivity index (χ3n) is 5.16. The molecule has 0 aromatic heterocycles. The van der Waals surface area contributed by atoms with E-state index in [0.717, 1.165) is 0 Å². The van der Waals surface area contributed by atoms with Crippen LogP contribution in [0.1, 0.15) is 59.8 Å². The van der Waals surface area contributed by atoms with Crippen molar-refractivity contribution in [2.75, 3.05) is 0 Å². The Morgan fingerprint density at radius 1 is 1.38 bits per heavy atom. The van der Waals surface area contributed by atoms with E-state index in [0.29, 0.717) is 17.3 Å². The van der Waals surface area contributed by atoms with Crippen LogP contribution in [0.5, 0.6) is 0 Å². The second-order valence-corrected chi connectivity index (χ2v) is 6.82. The molecule has 3 atom stereocenters. The van der Waals surface area contributed by atoms with Gasteiger partial charge in [-0.15, -0.1) is 0 Å². The molecule has 0 bridgehead atoms. The molecular formula is C15H26O. The number of fused-ring (bicyclic) bond motifs is 1. The molecule has 1 heteroatoms. The summed E-state index contributed by atoms with van der Waals surface area (Å²) in [5.41, 5.74) is 1.59. The predicted molar refractivity (Wildman–Crippen MR) is 68.2 cm³/mol. The molecule has 1 unspecified atom stereocenters. The highest BCUT2D eigenvalue weighted by atomic mass is 16.3. The van der Waals surface area contributed by atoms with Gasteiger partial charge in [-0.1, -0.05) is 18.6 Å². The Morgan fingerprint density at radius 2 is 2.06 bits per heavy atom. The summed E-state index contributed by atoms with van der Waals surface area (Å²) in [7, 11) is 0. The first-order valence-corrected chi connectivity index (χ1v) is 6.72. The number of allylic oxidation sites excluding steroid dienone is 2. The van der Waals surface area contributed by atoms with Gasteiger partial charge in [-0.05, 0) is 70.1 Å². The molecule has 0 spiro atoms. The molecule has 0 heterocycles. The summed E-state index contributed by atoms with van der Waals surface area (Å²) in [5, 5.41) is 10.2. The molecule has 1 N–H and O–H groups in total. The van der Waals surface area contributed by atoms with E-state index in [4.69, 9.17) is 0 Å². The van der Waals surface area contributed by atoms with Crippen LogP contribution >= 0.6 is 0 Å². The summed E-state index contributed by atoms with van der Waals surface area (Å²) in [6.45, 7) is 8.69. The van der Waals surface area contributed by atoms with Crippen LogP contribution in [0.3, 0.4) is 0 Å². The van der Waals surface area contributed by atoms with E-state index in [1.54, 1.807) is 5.57 Å². The van der Waals surface area contributed by atoms with Gasteiger partial charge in [-0.2, -0.15) is 0 Å². The van der Waals surface area contributed by atoms with E-state index >= 15 is 0 Å². The van der Waals surface area contributed by atoms with Gasteiger partial charge in [0.15, 0.2) is 0 Å². The molecule has 0 aromatic carbocycles. The van der Waals surface area contributed by atoms with Crippen molar-refractivity contribution >= 4 is 0 Å². The van der Waals surface area contributed by atoms with Crippen LogP contribution in [0.4, 0.5) is 0 Å². The molecule has 0 radical (unpaired) electrons. The zero-order chi connectivity index (χ0) is 12.0. The van der Waals surface area contributed by atoms with Gasteiger partial charge < -0.3 is 5.11 Å². The second-order valence-electron chi connectivity index (χ2n) is 6.82. The van der Waals surface area contributed by atoms with Crippen LogP contribution < -0.4 is 0 Å². The average molecular weight is 222 g/mol. The molecule has 0 aromatic rings. The maximum Gasteiger partial charge on any atom is 0.0620 e. The Labute approximate surface area is 99.9 Å². The molecule has 1 nitrogen and oxygen atoms in total. The maximum absolute atomic E-state index is 10.2. The summed E-state index contributed by atoms with van der Waals surface area (Å²) in [6, 6.07) is 0. The highest BCUT2D eigenvalue weighted by Gasteiger charge is 2.44. The minimum Gasteiger partial charge on any atom is -0.390 e. The summed E-state index contributed by atoms with van der Waals surface area (Å²) in [5.74, 6) is 1.19. The Balaban J connectivity index is 2.18. The van der Waals surface area contributed by atoms with E-state index < -0.39 is 5.60 Å². The lowest BCUT2D eigenvalue weighted by Gasteiger charge is -2.49. The van der Waals surface area contributed by atoms with Crippen molar-refractivity contribution in [3.8, 4) is 0 Å². The SMILES string of the molecule is CC1=CCC[C@]2(C)CC[C@H](C(C)(C)O)CC12. The Hall–Kier alpha value is -0.300. The van der Waals surface area contributed by atoms with Crippen molar-refractivity contribution in [1.82, 2.24) is 0 Å². The molecule has 2 rings (SSSR count). The first-order valence-electron chi connectivity index (χ1n) is 6.72. The molecule has 0 amide bonds. The zero-order valence-electron chi connectivity index (χ0n) is 11.2. The Morgan fingerprint density at radius 3 is 2.69 bits per heavy atom. The van der Waals surface area contributed by atoms with Crippen LogP contribution in [-0.2, 0) is 0 Å². The van der Waals surface area contributed by atoms with Gasteiger partial charge in [0, 0.05) is 0 Å². The fraction of sp³-hybridized carbons (Fsp3) is 0.867. The van der Waals surface area contributed by atoms with Crippen LogP contribution in [0, 0.1) is 17.3 Å². The first-order chi connectivity index (χ1) is 7.33. The standard InChI is InChI=1S/C15H26O/c1-11-6-5-8-15(4)9-7-12(10-13(11)15)14(2,3)16/h6,12-13,16H,5,7-10H2,1-4H3/t12-,13?,15+/m0/s1. The Bertz CT molecular complexity index is 297. The topological polar surface area (TPSA) is 20.2 Å². The van der Waals surface area contributed by atoms with Crippen molar-refractivity contribution in [3.63, 3.8) is 0 Å². The number of aliphatic hydroxyl groups is 1. The third-order valence-corrected chi connectivity index (χ3v) is 5.16. The van der Waals surface area contributed by atoms with Crippen molar-refractivity contribution in [3.05, 3.63) is 11.6 Å². The van der Waals surface area contributed by atoms with Gasteiger partial charge in [-0.3, -0.25) is 0 Å². The predicted octanol–water partition coefficient (Wildman–Crippen LogP) is 3.92. The minimum absolute atomic E-state index is 0.479. The molecular weight excluding hydrogens is 196 g/mol.